The van der Waals surface area contributed by atoms with Crippen LogP contribution in [0.3, 0.4) is 0 Å². The van der Waals surface area contributed by atoms with Crippen molar-refractivity contribution in [3.63, 3.8) is 0 Å². The number of amides is 3. The number of guanidine groups is 1. The number of hydrogen-bond acceptors (Lipinski definition) is 5. The fourth-order valence-electron chi connectivity index (χ4n) is 3.62. The first-order valence-corrected chi connectivity index (χ1v) is 12.6. The predicted octanol–water partition coefficient (Wildman–Crippen LogP) is 5.20. The second-order valence-corrected chi connectivity index (χ2v) is 9.20. The van der Waals surface area contributed by atoms with Crippen LogP contribution in [0.5, 0.6) is 0 Å². The van der Waals surface area contributed by atoms with Gasteiger partial charge in [0.15, 0.2) is 0 Å². The molecule has 0 bridgehead atoms. The van der Waals surface area contributed by atoms with E-state index in [-0.39, 0.29) is 23.7 Å². The lowest BCUT2D eigenvalue weighted by Crippen LogP contribution is -2.23. The molecule has 0 heterocycles. The van der Waals surface area contributed by atoms with Crippen LogP contribution in [0.25, 0.3) is 0 Å². The van der Waals surface area contributed by atoms with Crippen LogP contribution in [-0.4, -0.2) is 44.5 Å². The van der Waals surface area contributed by atoms with Gasteiger partial charge in [-0.25, -0.2) is 9.98 Å². The van der Waals surface area contributed by atoms with Gasteiger partial charge in [0.05, 0.1) is 0 Å². The van der Waals surface area contributed by atoms with Crippen LogP contribution in [0.1, 0.15) is 33.2 Å². The lowest BCUT2D eigenvalue weighted by atomic mass is 10.1. The Kier molecular flexibility index (Phi) is 10.3. The highest BCUT2D eigenvalue weighted by molar-refractivity contribution is 6.06. The summed E-state index contributed by atoms with van der Waals surface area (Å²) < 4.78 is 0. The summed E-state index contributed by atoms with van der Waals surface area (Å²) in [6.45, 7) is 10.5. The molecule has 3 aromatic rings. The monoisotopic (exact) mass is 551 g/mol. The quantitative estimate of drug-likeness (QED) is 0.165. The van der Waals surface area contributed by atoms with E-state index in [0.717, 1.165) is 11.3 Å². The summed E-state index contributed by atoms with van der Waals surface area (Å²) in [6.07, 6.45) is 2.62. The molecule has 0 aliphatic carbocycles. The summed E-state index contributed by atoms with van der Waals surface area (Å²) in [4.78, 5) is 47.5. The van der Waals surface area contributed by atoms with Gasteiger partial charge in [0.1, 0.15) is 0 Å². The minimum Gasteiger partial charge on any atom is -0.378 e. The minimum atomic E-state index is -0.358. The van der Waals surface area contributed by atoms with E-state index in [1.165, 1.54) is 12.3 Å². The molecule has 0 atom stereocenters. The standard InChI is InChI=1S/C31H33N7O3/c1-7-28(39)35-23-11-9-12-24(17-23)37-31(32-4)33-19-21(3)34-30(41)27-18-25(15-14-20(27)2)36-29(40)22-10-8-13-26(16-22)38(5)6/h7-19H,1,4H2,2-3,5-6H3,(H,33,37)(H,34,41)(H,35,39)(H,36,40)/b21-19+. The van der Waals surface area contributed by atoms with Crippen LogP contribution in [0.2, 0.25) is 0 Å². The summed E-state index contributed by atoms with van der Waals surface area (Å²) >= 11 is 0. The van der Waals surface area contributed by atoms with Crippen molar-refractivity contribution >= 4 is 53.1 Å². The summed E-state index contributed by atoms with van der Waals surface area (Å²) in [5.74, 6) is -0.779. The van der Waals surface area contributed by atoms with Gasteiger partial charge < -0.3 is 26.2 Å². The Balaban J connectivity index is 1.69. The molecule has 210 valence electrons. The van der Waals surface area contributed by atoms with Gasteiger partial charge >= 0.3 is 0 Å². The van der Waals surface area contributed by atoms with Crippen molar-refractivity contribution < 1.29 is 14.4 Å². The Morgan fingerprint density at radius 3 is 2.22 bits per heavy atom. The summed E-state index contributed by atoms with van der Waals surface area (Å²) in [5.41, 5.74) is 4.70. The SMILES string of the molecule is C=CC(=O)Nc1cccc(NC(N=C)=N/C=C(\C)NC(=O)c2cc(NC(=O)c3cccc(N(C)C)c3)ccc2C)c1. The molecule has 3 amide bonds. The fourth-order valence-corrected chi connectivity index (χ4v) is 3.62. The van der Waals surface area contributed by atoms with Crippen molar-refractivity contribution in [3.8, 4) is 0 Å². The number of allylic oxidation sites excluding steroid dienone is 1. The summed E-state index contributed by atoms with van der Waals surface area (Å²) in [5, 5.41) is 11.3. The van der Waals surface area contributed by atoms with E-state index >= 15 is 0 Å². The van der Waals surface area contributed by atoms with Crippen LogP contribution >= 0.6 is 0 Å². The van der Waals surface area contributed by atoms with Gasteiger partial charge in [0.2, 0.25) is 11.9 Å². The Morgan fingerprint density at radius 1 is 0.854 bits per heavy atom. The largest absolute Gasteiger partial charge is 0.378 e. The number of anilines is 4. The molecular weight excluding hydrogens is 518 g/mol. The number of carbonyl (C=O) groups excluding carboxylic acids is 3. The average molecular weight is 552 g/mol. The Labute approximate surface area is 239 Å². The van der Waals surface area contributed by atoms with Gasteiger partial charge in [-0.15, -0.1) is 0 Å². The molecule has 10 nitrogen and oxygen atoms in total. The maximum absolute atomic E-state index is 13.0. The van der Waals surface area contributed by atoms with E-state index in [0.29, 0.717) is 33.9 Å². The van der Waals surface area contributed by atoms with E-state index in [2.05, 4.69) is 44.5 Å². The molecule has 10 heteroatoms. The molecular formula is C31H33N7O3. The van der Waals surface area contributed by atoms with Crippen LogP contribution in [-0.2, 0) is 4.79 Å². The van der Waals surface area contributed by atoms with Crippen LogP contribution < -0.4 is 26.2 Å². The van der Waals surface area contributed by atoms with Gasteiger partial charge in [-0.2, -0.15) is 0 Å². The second kappa shape index (κ2) is 14.0. The van der Waals surface area contributed by atoms with Crippen LogP contribution in [0.4, 0.5) is 22.7 Å². The maximum atomic E-state index is 13.0. The normalized spacial score (nSPS) is 11.2. The summed E-state index contributed by atoms with van der Waals surface area (Å²) in [6, 6.07) is 19.4. The molecule has 0 saturated carbocycles. The molecule has 0 aliphatic rings. The minimum absolute atomic E-state index is 0.185. The first-order chi connectivity index (χ1) is 19.6. The molecule has 0 unspecified atom stereocenters. The van der Waals surface area contributed by atoms with Crippen molar-refractivity contribution in [2.24, 2.45) is 9.98 Å². The Bertz CT molecular complexity index is 1540. The lowest BCUT2D eigenvalue weighted by Gasteiger charge is -2.14. The number of hydrogen-bond donors (Lipinski definition) is 4. The van der Waals surface area contributed by atoms with Gasteiger partial charge in [-0.05, 0) is 80.7 Å². The van der Waals surface area contributed by atoms with Crippen molar-refractivity contribution in [2.45, 2.75) is 13.8 Å². The highest BCUT2D eigenvalue weighted by Gasteiger charge is 2.13. The highest BCUT2D eigenvalue weighted by atomic mass is 16.2. The molecule has 0 radical (unpaired) electrons. The van der Waals surface area contributed by atoms with Gasteiger partial charge in [-0.1, -0.05) is 24.8 Å². The van der Waals surface area contributed by atoms with Crippen molar-refractivity contribution in [2.75, 3.05) is 34.9 Å². The Hall–Kier alpha value is -5.51. The number of aliphatic imine (C=N–C) groups is 2. The zero-order chi connectivity index (χ0) is 29.9. The van der Waals surface area contributed by atoms with Crippen molar-refractivity contribution in [3.05, 3.63) is 108 Å². The maximum Gasteiger partial charge on any atom is 0.255 e. The molecule has 0 aromatic heterocycles. The summed E-state index contributed by atoms with van der Waals surface area (Å²) in [7, 11) is 3.81. The lowest BCUT2D eigenvalue weighted by molar-refractivity contribution is -0.111. The topological polar surface area (TPSA) is 127 Å². The predicted molar refractivity (Wildman–Crippen MR) is 167 cm³/mol. The number of nitrogens with zero attached hydrogens (tertiary/aromatic N) is 3. The van der Waals surface area contributed by atoms with Crippen molar-refractivity contribution in [1.29, 1.82) is 0 Å². The van der Waals surface area contributed by atoms with E-state index in [1.807, 2.05) is 38.1 Å². The van der Waals surface area contributed by atoms with Crippen LogP contribution in [0.15, 0.2) is 101 Å². The third-order valence-corrected chi connectivity index (χ3v) is 5.78. The third kappa shape index (κ3) is 8.75. The number of nitrogens with one attached hydrogen (secondary N) is 4. The molecule has 41 heavy (non-hydrogen) atoms. The number of rotatable bonds is 9. The van der Waals surface area contributed by atoms with Gasteiger partial charge in [-0.3, -0.25) is 14.4 Å². The zero-order valence-electron chi connectivity index (χ0n) is 23.5. The molecule has 0 aliphatic heterocycles. The van der Waals surface area contributed by atoms with Crippen LogP contribution in [0, 0.1) is 6.92 Å². The van der Waals surface area contributed by atoms with E-state index < -0.39 is 0 Å². The molecule has 4 N–H and O–H groups in total. The van der Waals surface area contributed by atoms with Gasteiger partial charge in [0, 0.05) is 59.9 Å². The van der Waals surface area contributed by atoms with E-state index in [1.54, 1.807) is 61.5 Å². The first kappa shape index (κ1) is 30.0. The third-order valence-electron chi connectivity index (χ3n) is 5.78. The highest BCUT2D eigenvalue weighted by Crippen LogP contribution is 2.19. The average Bonchev–Trinajstić information content (AvgIpc) is 2.96. The number of aryl methyl sites for hydroxylation is 1. The number of carbonyl (C=O) groups is 3. The molecule has 0 fully saturated rings. The fraction of sp³-hybridized carbons (Fsp3) is 0.129. The zero-order valence-corrected chi connectivity index (χ0v) is 23.5. The van der Waals surface area contributed by atoms with Gasteiger partial charge in [0.25, 0.3) is 11.8 Å². The van der Waals surface area contributed by atoms with Crippen molar-refractivity contribution in [1.82, 2.24) is 5.32 Å². The molecule has 0 spiro atoms. The van der Waals surface area contributed by atoms with E-state index in [9.17, 15) is 14.4 Å². The smallest absolute Gasteiger partial charge is 0.255 e. The molecule has 3 aromatic carbocycles. The second-order valence-electron chi connectivity index (χ2n) is 9.20. The Morgan fingerprint density at radius 2 is 1.54 bits per heavy atom. The molecule has 0 saturated heterocycles. The number of benzene rings is 3. The molecule has 3 rings (SSSR count). The first-order valence-electron chi connectivity index (χ1n) is 12.6. The van der Waals surface area contributed by atoms with E-state index in [4.69, 9.17) is 0 Å².